The molecule has 1 aliphatic rings. The lowest BCUT2D eigenvalue weighted by atomic mass is 9.98. The predicted octanol–water partition coefficient (Wildman–Crippen LogP) is 2.05. The van der Waals surface area contributed by atoms with Crippen molar-refractivity contribution in [2.45, 2.75) is 29.4 Å². The minimum absolute atomic E-state index is 0.150. The molecule has 168 valence electrons. The number of rotatable bonds is 5. The quantitative estimate of drug-likeness (QED) is 0.492. The maximum absolute atomic E-state index is 12.4. The lowest BCUT2D eigenvalue weighted by molar-refractivity contribution is 0.594. The number of nitrogens with one attached hydrogen (secondary N) is 2. The third-order valence-corrected chi connectivity index (χ3v) is 7.05. The number of benzene rings is 2. The van der Waals surface area contributed by atoms with Crippen LogP contribution >= 0.6 is 11.6 Å². The third kappa shape index (κ3) is 4.13. The number of imidazole rings is 1. The lowest BCUT2D eigenvalue weighted by Crippen LogP contribution is -2.30. The molecule has 32 heavy (non-hydrogen) atoms. The van der Waals surface area contributed by atoms with Gasteiger partial charge in [0.25, 0.3) is 0 Å². The largest absolute Gasteiger partial charge is 0.329 e. The Labute approximate surface area is 189 Å². The van der Waals surface area contributed by atoms with Gasteiger partial charge in [-0.3, -0.25) is 10.4 Å². The van der Waals surface area contributed by atoms with Gasteiger partial charge in [-0.1, -0.05) is 30.7 Å². The molecule has 0 amide bonds. The van der Waals surface area contributed by atoms with Crippen LogP contribution in [0.4, 0.5) is 0 Å². The Morgan fingerprint density at radius 3 is 2.56 bits per heavy atom. The van der Waals surface area contributed by atoms with Gasteiger partial charge in [0.15, 0.2) is 5.84 Å². The predicted molar refractivity (Wildman–Crippen MR) is 123 cm³/mol. The normalized spacial score (nSPS) is 16.8. The van der Waals surface area contributed by atoms with Gasteiger partial charge in [-0.25, -0.2) is 27.0 Å². The lowest BCUT2D eigenvalue weighted by Gasteiger charge is -2.20. The first-order chi connectivity index (χ1) is 15.0. The topological polar surface area (TPSA) is 160 Å². The average molecular weight is 495 g/mol. The van der Waals surface area contributed by atoms with Crippen LogP contribution in [0.25, 0.3) is 22.2 Å². The summed E-state index contributed by atoms with van der Waals surface area (Å²) in [4.78, 5) is 11.3. The molecule has 3 aromatic rings. The Hall–Kier alpha value is -2.80. The van der Waals surface area contributed by atoms with Crippen molar-refractivity contribution in [3.8, 4) is 11.1 Å². The molecule has 0 saturated heterocycles. The number of sulfonamides is 1. The average Bonchev–Trinajstić information content (AvgIpc) is 3.15. The zero-order valence-corrected chi connectivity index (χ0v) is 19.4. The summed E-state index contributed by atoms with van der Waals surface area (Å²) in [6.45, 7) is 1.93. The number of sulfone groups is 1. The number of aromatic amines is 1. The maximum Gasteiger partial charge on any atom is 0.238 e. The Kier molecular flexibility index (Phi) is 5.57. The zero-order chi connectivity index (χ0) is 23.3. The van der Waals surface area contributed by atoms with Crippen LogP contribution in [-0.2, 0) is 19.9 Å². The molecule has 0 fully saturated rings. The molecule has 0 saturated carbocycles. The monoisotopic (exact) mass is 494 g/mol. The highest BCUT2D eigenvalue weighted by Crippen LogP contribution is 2.36. The number of amidine groups is 1. The van der Waals surface area contributed by atoms with Crippen molar-refractivity contribution < 1.29 is 16.8 Å². The first-order valence-electron chi connectivity index (χ1n) is 9.42. The molecule has 1 aliphatic heterocycles. The van der Waals surface area contributed by atoms with Gasteiger partial charge in [0.05, 0.1) is 27.0 Å². The Morgan fingerprint density at radius 1 is 1.16 bits per heavy atom. The number of hydrogen-bond acceptors (Lipinski definition) is 8. The summed E-state index contributed by atoms with van der Waals surface area (Å²) in [6.07, 6.45) is 3.33. The minimum Gasteiger partial charge on any atom is -0.329 e. The summed E-state index contributed by atoms with van der Waals surface area (Å²) in [6, 6.07) is 7.46. The molecular weight excluding hydrogens is 476 g/mol. The molecule has 2 aromatic carbocycles. The summed E-state index contributed by atoms with van der Waals surface area (Å²) in [5, 5.41) is 9.64. The molecule has 10 nitrogen and oxygen atoms in total. The molecular formula is C19H19ClN6O4S2. The molecule has 0 spiro atoms. The van der Waals surface area contributed by atoms with Gasteiger partial charge in [-0.15, -0.1) is 0 Å². The van der Waals surface area contributed by atoms with E-state index in [9.17, 15) is 16.8 Å². The van der Waals surface area contributed by atoms with E-state index in [0.717, 1.165) is 6.26 Å². The number of fused-ring (bicyclic) bond motifs is 1. The van der Waals surface area contributed by atoms with Crippen LogP contribution in [0.5, 0.6) is 0 Å². The Balaban J connectivity index is 2.01. The number of nitrogens with two attached hydrogens (primary N) is 1. The number of aliphatic imine (C=N–C) groups is 1. The van der Waals surface area contributed by atoms with Gasteiger partial charge in [0, 0.05) is 23.6 Å². The molecule has 13 heteroatoms. The smallest absolute Gasteiger partial charge is 0.238 e. The highest BCUT2D eigenvalue weighted by atomic mass is 35.5. The standard InChI is InChI=1S/C19H19ClN6O4S2/c1-3-10-9-22-26-18(23-10)17-11(5-4-6-16(17)32(21,29)30)12-7-14-15(8-13(12)20)25-19(24-14)31(2,27)28/h4-10H,3H2,1-2H3,(H,23,26)(H,24,25)(H2,21,29,30). The second-order valence-electron chi connectivity index (χ2n) is 7.23. The van der Waals surface area contributed by atoms with E-state index in [4.69, 9.17) is 16.7 Å². The fourth-order valence-electron chi connectivity index (χ4n) is 3.36. The van der Waals surface area contributed by atoms with E-state index in [1.165, 1.54) is 18.2 Å². The van der Waals surface area contributed by atoms with Crippen molar-refractivity contribution in [2.24, 2.45) is 15.2 Å². The molecule has 0 radical (unpaired) electrons. The Morgan fingerprint density at radius 2 is 1.91 bits per heavy atom. The van der Waals surface area contributed by atoms with Crippen molar-refractivity contribution in [3.05, 3.63) is 40.9 Å². The van der Waals surface area contributed by atoms with E-state index < -0.39 is 19.9 Å². The van der Waals surface area contributed by atoms with E-state index in [1.54, 1.807) is 18.3 Å². The van der Waals surface area contributed by atoms with E-state index in [-0.39, 0.29) is 32.5 Å². The zero-order valence-electron chi connectivity index (χ0n) is 17.0. The van der Waals surface area contributed by atoms with E-state index in [0.29, 0.717) is 28.6 Å². The molecule has 1 atom stereocenters. The molecule has 2 heterocycles. The van der Waals surface area contributed by atoms with E-state index >= 15 is 0 Å². The number of aromatic nitrogens is 2. The van der Waals surface area contributed by atoms with Crippen molar-refractivity contribution in [3.63, 3.8) is 0 Å². The van der Waals surface area contributed by atoms with Crippen molar-refractivity contribution in [1.82, 2.24) is 15.4 Å². The van der Waals surface area contributed by atoms with Gasteiger partial charge < -0.3 is 4.98 Å². The molecule has 4 rings (SSSR count). The van der Waals surface area contributed by atoms with E-state index in [2.05, 4.69) is 25.5 Å². The fraction of sp³-hybridized carbons (Fsp3) is 0.211. The number of halogens is 1. The number of primary sulfonamides is 1. The van der Waals surface area contributed by atoms with Crippen LogP contribution in [0.2, 0.25) is 5.02 Å². The van der Waals surface area contributed by atoms with Gasteiger partial charge in [0.1, 0.15) is 0 Å². The first-order valence-corrected chi connectivity index (χ1v) is 13.2. The fourth-order valence-corrected chi connectivity index (χ4v) is 4.94. The van der Waals surface area contributed by atoms with Gasteiger partial charge in [-0.05, 0) is 30.2 Å². The highest BCUT2D eigenvalue weighted by Gasteiger charge is 2.25. The second-order valence-corrected chi connectivity index (χ2v) is 11.1. The van der Waals surface area contributed by atoms with E-state index in [1.807, 2.05) is 6.92 Å². The summed E-state index contributed by atoms with van der Waals surface area (Å²) < 4.78 is 48.5. The van der Waals surface area contributed by atoms with Crippen LogP contribution < -0.4 is 10.6 Å². The number of hydrogen-bond donors (Lipinski definition) is 3. The highest BCUT2D eigenvalue weighted by molar-refractivity contribution is 7.90. The van der Waals surface area contributed by atoms with Gasteiger partial charge >= 0.3 is 0 Å². The molecule has 0 bridgehead atoms. The summed E-state index contributed by atoms with van der Waals surface area (Å²) in [5.41, 5.74) is 4.59. The van der Waals surface area contributed by atoms with Crippen LogP contribution in [0, 0.1) is 0 Å². The molecule has 1 aromatic heterocycles. The van der Waals surface area contributed by atoms with Crippen LogP contribution in [0.15, 0.2) is 50.5 Å². The summed E-state index contributed by atoms with van der Waals surface area (Å²) >= 11 is 6.53. The summed E-state index contributed by atoms with van der Waals surface area (Å²) in [7, 11) is -7.69. The summed E-state index contributed by atoms with van der Waals surface area (Å²) in [5.74, 6) is 0.231. The molecule has 4 N–H and O–H groups in total. The van der Waals surface area contributed by atoms with Crippen molar-refractivity contribution in [2.75, 3.05) is 6.26 Å². The SMILES string of the molecule is CCC1C=NNC(c2c(-c3cc4nc(S(C)(=O)=O)[nH]c4cc3Cl)cccc2S(N)(=O)=O)=N1. The number of H-pyrrole nitrogens is 1. The van der Waals surface area contributed by atoms with Crippen molar-refractivity contribution in [1.29, 1.82) is 0 Å². The molecule has 1 unspecified atom stereocenters. The van der Waals surface area contributed by atoms with Gasteiger partial charge in [-0.2, -0.15) is 5.10 Å². The number of nitrogens with zero attached hydrogens (tertiary/aromatic N) is 3. The minimum atomic E-state index is -4.12. The third-order valence-electron chi connectivity index (χ3n) is 4.89. The first kappa shape index (κ1) is 22.4. The van der Waals surface area contributed by atoms with Crippen LogP contribution in [0.1, 0.15) is 18.9 Å². The van der Waals surface area contributed by atoms with Crippen LogP contribution in [-0.4, -0.2) is 51.2 Å². The van der Waals surface area contributed by atoms with Gasteiger partial charge in [0.2, 0.25) is 25.0 Å². The molecule has 0 aliphatic carbocycles. The Bertz CT molecular complexity index is 1510. The van der Waals surface area contributed by atoms with Crippen molar-refractivity contribution >= 4 is 54.5 Å². The van der Waals surface area contributed by atoms with Crippen LogP contribution in [0.3, 0.4) is 0 Å². The number of hydrazone groups is 1. The second kappa shape index (κ2) is 7.96. The maximum atomic E-state index is 12.4.